The number of nitrogens with one attached hydrogen (secondary N) is 1. The maximum absolute atomic E-state index is 13.7. The Bertz CT molecular complexity index is 479. The molecule has 0 heterocycles. The van der Waals surface area contributed by atoms with Crippen LogP contribution in [0.15, 0.2) is 12.1 Å². The first kappa shape index (κ1) is 15.2. The quantitative estimate of drug-likeness (QED) is 0.744. The van der Waals surface area contributed by atoms with E-state index in [2.05, 4.69) is 26.1 Å². The average molecular weight is 285 g/mol. The predicted octanol–water partition coefficient (Wildman–Crippen LogP) is 5.12. The second-order valence-corrected chi connectivity index (χ2v) is 6.75. The molecule has 1 aliphatic carbocycles. The van der Waals surface area contributed by atoms with Gasteiger partial charge in [-0.05, 0) is 24.2 Å². The third-order valence-corrected chi connectivity index (χ3v) is 4.23. The van der Waals surface area contributed by atoms with E-state index in [0.717, 1.165) is 25.3 Å². The number of hydrogen-bond donors (Lipinski definition) is 1. The molecule has 1 N–H and O–H groups in total. The molecule has 0 aliphatic heterocycles. The van der Waals surface area contributed by atoms with Crippen LogP contribution in [0.5, 0.6) is 0 Å². The molecule has 2 rings (SSSR count). The molecule has 2 unspecified atom stereocenters. The first-order valence-electron chi connectivity index (χ1n) is 7.20. The van der Waals surface area contributed by atoms with E-state index in [1.807, 2.05) is 0 Å². The largest absolute Gasteiger partial charge is 0.380 e. The van der Waals surface area contributed by atoms with Crippen LogP contribution in [0, 0.1) is 28.8 Å². The fourth-order valence-corrected chi connectivity index (χ4v) is 3.17. The van der Waals surface area contributed by atoms with Gasteiger partial charge in [0.25, 0.3) is 0 Å². The molecule has 1 nitrogen and oxygen atoms in total. The van der Waals surface area contributed by atoms with E-state index in [9.17, 15) is 13.2 Å². The monoisotopic (exact) mass is 285 g/mol. The van der Waals surface area contributed by atoms with Gasteiger partial charge in [-0.25, -0.2) is 13.2 Å². The predicted molar refractivity (Wildman–Crippen MR) is 75.1 cm³/mol. The van der Waals surface area contributed by atoms with Gasteiger partial charge < -0.3 is 5.32 Å². The lowest BCUT2D eigenvalue weighted by atomic mass is 9.69. The van der Waals surface area contributed by atoms with Crippen molar-refractivity contribution in [3.63, 3.8) is 0 Å². The molecule has 1 aromatic rings. The second-order valence-electron chi connectivity index (χ2n) is 6.75. The Morgan fingerprint density at radius 2 is 1.55 bits per heavy atom. The van der Waals surface area contributed by atoms with E-state index < -0.39 is 17.5 Å². The highest BCUT2D eigenvalue weighted by Gasteiger charge is 2.34. The minimum absolute atomic E-state index is 0.0602. The molecule has 2 atom stereocenters. The normalized spacial score (nSPS) is 23.7. The Morgan fingerprint density at radius 1 is 0.950 bits per heavy atom. The SMILES string of the molecule is CC(C)(C)C1CCCCC1Nc1cc(F)c(F)cc1F. The number of benzene rings is 1. The molecule has 0 amide bonds. The molecule has 4 heteroatoms. The van der Waals surface area contributed by atoms with Gasteiger partial charge in [0.05, 0.1) is 5.69 Å². The Balaban J connectivity index is 2.21. The summed E-state index contributed by atoms with van der Waals surface area (Å²) >= 11 is 0. The van der Waals surface area contributed by atoms with Crippen LogP contribution in [0.1, 0.15) is 46.5 Å². The molecule has 20 heavy (non-hydrogen) atoms. The van der Waals surface area contributed by atoms with Crippen molar-refractivity contribution in [2.45, 2.75) is 52.5 Å². The van der Waals surface area contributed by atoms with Gasteiger partial charge in [0, 0.05) is 18.2 Å². The summed E-state index contributed by atoms with van der Waals surface area (Å²) in [5, 5.41) is 3.09. The standard InChI is InChI=1S/C16H22F3N/c1-16(2,3)10-6-4-5-7-14(10)20-15-9-12(18)11(17)8-13(15)19/h8-10,14,20H,4-7H2,1-3H3. The summed E-state index contributed by atoms with van der Waals surface area (Å²) in [4.78, 5) is 0. The smallest absolute Gasteiger partial charge is 0.161 e. The average Bonchev–Trinajstić information content (AvgIpc) is 2.35. The van der Waals surface area contributed by atoms with Gasteiger partial charge in [0.15, 0.2) is 11.6 Å². The highest BCUT2D eigenvalue weighted by molar-refractivity contribution is 5.46. The molecule has 1 saturated carbocycles. The molecular formula is C16H22F3N. The lowest BCUT2D eigenvalue weighted by Gasteiger charge is -2.41. The lowest BCUT2D eigenvalue weighted by Crippen LogP contribution is -2.40. The van der Waals surface area contributed by atoms with E-state index in [0.29, 0.717) is 12.0 Å². The summed E-state index contributed by atoms with van der Waals surface area (Å²) in [5.74, 6) is -2.51. The molecule has 0 saturated heterocycles. The first-order valence-corrected chi connectivity index (χ1v) is 7.20. The fraction of sp³-hybridized carbons (Fsp3) is 0.625. The summed E-state index contributed by atoms with van der Waals surface area (Å²) < 4.78 is 40.0. The Kier molecular flexibility index (Phi) is 4.31. The fourth-order valence-electron chi connectivity index (χ4n) is 3.17. The molecule has 0 bridgehead atoms. The molecule has 1 aromatic carbocycles. The number of halogens is 3. The summed E-state index contributed by atoms with van der Waals surface area (Å²) in [6.45, 7) is 6.50. The van der Waals surface area contributed by atoms with Crippen molar-refractivity contribution >= 4 is 5.69 Å². The van der Waals surface area contributed by atoms with Crippen molar-refractivity contribution in [1.82, 2.24) is 0 Å². The molecule has 1 fully saturated rings. The Morgan fingerprint density at radius 3 is 2.20 bits per heavy atom. The summed E-state index contributed by atoms with van der Waals surface area (Å²) in [6.07, 6.45) is 4.25. The topological polar surface area (TPSA) is 12.0 Å². The van der Waals surface area contributed by atoms with Crippen LogP contribution >= 0.6 is 0 Å². The van der Waals surface area contributed by atoms with Crippen LogP contribution in [0.2, 0.25) is 0 Å². The summed E-state index contributed by atoms with van der Waals surface area (Å²) in [6, 6.07) is 1.62. The van der Waals surface area contributed by atoms with E-state index in [4.69, 9.17) is 0 Å². The summed E-state index contributed by atoms with van der Waals surface area (Å²) in [5.41, 5.74) is 0.165. The van der Waals surface area contributed by atoms with E-state index in [-0.39, 0.29) is 17.1 Å². The minimum Gasteiger partial charge on any atom is -0.380 e. The van der Waals surface area contributed by atoms with E-state index in [1.54, 1.807) is 0 Å². The van der Waals surface area contributed by atoms with Crippen molar-refractivity contribution in [2.75, 3.05) is 5.32 Å². The van der Waals surface area contributed by atoms with Crippen LogP contribution in [-0.4, -0.2) is 6.04 Å². The van der Waals surface area contributed by atoms with Crippen molar-refractivity contribution in [1.29, 1.82) is 0 Å². The molecule has 0 spiro atoms. The molecule has 112 valence electrons. The summed E-state index contributed by atoms with van der Waals surface area (Å²) in [7, 11) is 0. The highest BCUT2D eigenvalue weighted by atomic mass is 19.2. The maximum atomic E-state index is 13.7. The van der Waals surface area contributed by atoms with E-state index >= 15 is 0 Å². The van der Waals surface area contributed by atoms with E-state index in [1.165, 1.54) is 6.42 Å². The first-order chi connectivity index (χ1) is 9.29. The van der Waals surface area contributed by atoms with Crippen LogP contribution in [0.25, 0.3) is 0 Å². The van der Waals surface area contributed by atoms with Gasteiger partial charge in [-0.1, -0.05) is 33.6 Å². The molecular weight excluding hydrogens is 263 g/mol. The zero-order chi connectivity index (χ0) is 14.9. The number of hydrogen-bond acceptors (Lipinski definition) is 1. The maximum Gasteiger partial charge on any atom is 0.161 e. The van der Waals surface area contributed by atoms with Gasteiger partial charge in [0.1, 0.15) is 5.82 Å². The van der Waals surface area contributed by atoms with Crippen molar-refractivity contribution in [2.24, 2.45) is 11.3 Å². The lowest BCUT2D eigenvalue weighted by molar-refractivity contribution is 0.162. The minimum atomic E-state index is -1.15. The van der Waals surface area contributed by atoms with Gasteiger partial charge in [0.2, 0.25) is 0 Å². The number of anilines is 1. The van der Waals surface area contributed by atoms with Gasteiger partial charge in [-0.15, -0.1) is 0 Å². The zero-order valence-electron chi connectivity index (χ0n) is 12.3. The Labute approximate surface area is 118 Å². The third kappa shape index (κ3) is 3.28. The zero-order valence-corrected chi connectivity index (χ0v) is 12.3. The van der Waals surface area contributed by atoms with Crippen molar-refractivity contribution < 1.29 is 13.2 Å². The second kappa shape index (κ2) is 5.66. The molecule has 0 radical (unpaired) electrons. The van der Waals surface area contributed by atoms with Crippen LogP contribution in [0.3, 0.4) is 0 Å². The van der Waals surface area contributed by atoms with Crippen LogP contribution < -0.4 is 5.32 Å². The molecule has 0 aromatic heterocycles. The number of rotatable bonds is 2. The third-order valence-electron chi connectivity index (χ3n) is 4.23. The Hall–Kier alpha value is -1.19. The highest BCUT2D eigenvalue weighted by Crippen LogP contribution is 2.39. The van der Waals surface area contributed by atoms with Gasteiger partial charge >= 0.3 is 0 Å². The molecule has 1 aliphatic rings. The van der Waals surface area contributed by atoms with Crippen molar-refractivity contribution in [3.8, 4) is 0 Å². The van der Waals surface area contributed by atoms with Gasteiger partial charge in [-0.3, -0.25) is 0 Å². The van der Waals surface area contributed by atoms with Crippen molar-refractivity contribution in [3.05, 3.63) is 29.6 Å². The van der Waals surface area contributed by atoms with Crippen LogP contribution in [0.4, 0.5) is 18.9 Å². The van der Waals surface area contributed by atoms with Gasteiger partial charge in [-0.2, -0.15) is 0 Å². The van der Waals surface area contributed by atoms with Crippen LogP contribution in [-0.2, 0) is 0 Å².